The van der Waals surface area contributed by atoms with Crippen molar-refractivity contribution in [2.24, 2.45) is 0 Å². The average molecular weight is 430 g/mol. The molecule has 1 atom stereocenters. The molecule has 0 aliphatic heterocycles. The molecule has 0 spiro atoms. The van der Waals surface area contributed by atoms with Crippen molar-refractivity contribution in [3.8, 4) is 0 Å². The molecule has 1 aromatic heterocycles. The number of aliphatic hydroxyl groups excluding tert-OH is 1. The van der Waals surface area contributed by atoms with E-state index in [1.165, 1.54) is 11.8 Å². The molecular formula is C17H18BrClN2O2S. The second kappa shape index (κ2) is 7.30. The molecule has 128 valence electrons. The number of aliphatic hydroxyl groups is 2. The summed E-state index contributed by atoms with van der Waals surface area (Å²) >= 11 is 11.1. The van der Waals surface area contributed by atoms with Crippen molar-refractivity contribution in [1.29, 1.82) is 0 Å². The van der Waals surface area contributed by atoms with Gasteiger partial charge in [-0.05, 0) is 48.8 Å². The van der Waals surface area contributed by atoms with Gasteiger partial charge in [-0.2, -0.15) is 0 Å². The maximum Gasteiger partial charge on any atom is 0.188 e. The van der Waals surface area contributed by atoms with Gasteiger partial charge in [0, 0.05) is 16.5 Å². The molecule has 1 heterocycles. The molecule has 0 bridgehead atoms. The van der Waals surface area contributed by atoms with Gasteiger partial charge >= 0.3 is 0 Å². The van der Waals surface area contributed by atoms with Crippen LogP contribution < -0.4 is 0 Å². The van der Waals surface area contributed by atoms with Crippen LogP contribution in [0, 0.1) is 0 Å². The minimum Gasteiger partial charge on any atom is -0.391 e. The van der Waals surface area contributed by atoms with Crippen molar-refractivity contribution in [2.45, 2.75) is 43.0 Å². The Balaban J connectivity index is 2.06. The molecule has 2 aromatic rings. The first-order valence-corrected chi connectivity index (χ1v) is 10.1. The van der Waals surface area contributed by atoms with Crippen LogP contribution in [0.1, 0.15) is 35.2 Å². The molecule has 1 aliphatic carbocycles. The Bertz CT molecular complexity index is 774. The van der Waals surface area contributed by atoms with Gasteiger partial charge in [0.25, 0.3) is 0 Å². The first-order valence-electron chi connectivity index (χ1n) is 7.68. The van der Waals surface area contributed by atoms with Crippen LogP contribution in [0.25, 0.3) is 0 Å². The molecule has 1 unspecified atom stereocenters. The molecular weight excluding hydrogens is 412 g/mol. The van der Waals surface area contributed by atoms with Crippen LogP contribution in [0.2, 0.25) is 5.15 Å². The van der Waals surface area contributed by atoms with E-state index in [2.05, 4.69) is 32.0 Å². The Morgan fingerprint density at radius 3 is 2.88 bits per heavy atom. The quantitative estimate of drug-likeness (QED) is 0.439. The monoisotopic (exact) mass is 428 g/mol. The van der Waals surface area contributed by atoms with Crippen molar-refractivity contribution in [3.63, 3.8) is 0 Å². The van der Waals surface area contributed by atoms with E-state index < -0.39 is 5.60 Å². The lowest BCUT2D eigenvalue weighted by molar-refractivity contribution is 0.0174. The normalized spacial score (nSPS) is 20.0. The fourth-order valence-electron chi connectivity index (χ4n) is 3.24. The molecule has 1 aliphatic rings. The van der Waals surface area contributed by atoms with Gasteiger partial charge in [0.05, 0.1) is 17.9 Å². The number of rotatable bonds is 4. The summed E-state index contributed by atoms with van der Waals surface area (Å²) in [5, 5.41) is 21.8. The number of aryl methyl sites for hydroxylation is 1. The van der Waals surface area contributed by atoms with E-state index in [-0.39, 0.29) is 11.8 Å². The van der Waals surface area contributed by atoms with E-state index in [0.717, 1.165) is 28.4 Å². The smallest absolute Gasteiger partial charge is 0.188 e. The number of thioether (sulfide) groups is 1. The van der Waals surface area contributed by atoms with Crippen LogP contribution in [0.3, 0.4) is 0 Å². The minimum atomic E-state index is -1.02. The summed E-state index contributed by atoms with van der Waals surface area (Å²) in [5.41, 5.74) is 2.16. The number of benzene rings is 1. The second-order valence-electron chi connectivity index (χ2n) is 5.95. The predicted octanol–water partition coefficient (Wildman–Crippen LogP) is 3.87. The molecule has 3 rings (SSSR count). The van der Waals surface area contributed by atoms with Crippen molar-refractivity contribution >= 4 is 39.3 Å². The second-order valence-corrected chi connectivity index (χ2v) is 7.99. The van der Waals surface area contributed by atoms with Crippen LogP contribution in [-0.4, -0.2) is 26.4 Å². The molecule has 4 nitrogen and oxygen atoms in total. The average Bonchev–Trinajstić information content (AvgIpc) is 2.55. The Labute approximate surface area is 158 Å². The summed E-state index contributed by atoms with van der Waals surface area (Å²) in [5.74, 6) is 0. The van der Waals surface area contributed by atoms with Gasteiger partial charge in [-0.1, -0.05) is 45.4 Å². The maximum atomic E-state index is 11.4. The third-order valence-corrected chi connectivity index (χ3v) is 5.79. The van der Waals surface area contributed by atoms with E-state index >= 15 is 0 Å². The minimum absolute atomic E-state index is 0.246. The lowest BCUT2D eigenvalue weighted by Crippen LogP contribution is -2.34. The van der Waals surface area contributed by atoms with Crippen LogP contribution in [0.4, 0.5) is 0 Å². The Kier molecular flexibility index (Phi) is 5.52. The molecule has 7 heteroatoms. The van der Waals surface area contributed by atoms with Crippen LogP contribution in [0.5, 0.6) is 0 Å². The Morgan fingerprint density at radius 1 is 1.38 bits per heavy atom. The molecule has 24 heavy (non-hydrogen) atoms. The van der Waals surface area contributed by atoms with E-state index in [9.17, 15) is 10.2 Å². The van der Waals surface area contributed by atoms with Crippen molar-refractivity contribution < 1.29 is 10.2 Å². The Hall–Kier alpha value is -0.660. The highest BCUT2D eigenvalue weighted by Crippen LogP contribution is 2.40. The lowest BCUT2D eigenvalue weighted by Gasteiger charge is -2.35. The number of nitrogens with zero attached hydrogens (tertiary/aromatic N) is 2. The standard InChI is InChI=1S/C17H18BrClN2O2S/c1-24-16-20-14(12(9-22)15(19)21-16)8-17(23)6-2-3-10-4-5-11(18)7-13(10)17/h4-5,7,22-23H,2-3,6,8-9H2,1H3. The third kappa shape index (κ3) is 3.48. The number of fused-ring (bicyclic) bond motifs is 1. The van der Waals surface area contributed by atoms with Gasteiger partial charge in [0.15, 0.2) is 5.16 Å². The van der Waals surface area contributed by atoms with E-state index in [1.807, 2.05) is 18.4 Å². The molecule has 0 radical (unpaired) electrons. The predicted molar refractivity (Wildman–Crippen MR) is 99.4 cm³/mol. The molecule has 1 aromatic carbocycles. The summed E-state index contributed by atoms with van der Waals surface area (Å²) in [6.45, 7) is -0.246. The van der Waals surface area contributed by atoms with Crippen LogP contribution in [-0.2, 0) is 25.0 Å². The third-order valence-electron chi connectivity index (χ3n) is 4.43. The van der Waals surface area contributed by atoms with Gasteiger partial charge in [0.1, 0.15) is 5.15 Å². The van der Waals surface area contributed by atoms with Crippen LogP contribution in [0.15, 0.2) is 27.8 Å². The number of hydrogen-bond acceptors (Lipinski definition) is 5. The van der Waals surface area contributed by atoms with Gasteiger partial charge in [-0.25, -0.2) is 9.97 Å². The summed E-state index contributed by atoms with van der Waals surface area (Å²) in [7, 11) is 0. The summed E-state index contributed by atoms with van der Waals surface area (Å²) in [6, 6.07) is 6.03. The fraction of sp³-hybridized carbons (Fsp3) is 0.412. The number of aromatic nitrogens is 2. The van der Waals surface area contributed by atoms with Gasteiger partial charge < -0.3 is 10.2 Å². The van der Waals surface area contributed by atoms with Crippen molar-refractivity contribution in [3.05, 3.63) is 50.2 Å². The van der Waals surface area contributed by atoms with E-state index in [1.54, 1.807) is 0 Å². The Morgan fingerprint density at radius 2 is 2.17 bits per heavy atom. The number of halogens is 2. The zero-order valence-electron chi connectivity index (χ0n) is 13.2. The van der Waals surface area contributed by atoms with Gasteiger partial charge in [-0.3, -0.25) is 0 Å². The SMILES string of the molecule is CSc1nc(Cl)c(CO)c(CC2(O)CCCc3ccc(Br)cc32)n1. The zero-order valence-corrected chi connectivity index (χ0v) is 16.4. The fourth-order valence-corrected chi connectivity index (χ4v) is 4.28. The maximum absolute atomic E-state index is 11.4. The molecule has 0 fully saturated rings. The highest BCUT2D eigenvalue weighted by Gasteiger charge is 2.36. The zero-order chi connectivity index (χ0) is 17.3. The van der Waals surface area contributed by atoms with E-state index in [4.69, 9.17) is 11.6 Å². The molecule has 2 N–H and O–H groups in total. The first-order chi connectivity index (χ1) is 11.5. The highest BCUT2D eigenvalue weighted by atomic mass is 79.9. The lowest BCUT2D eigenvalue weighted by atomic mass is 9.76. The number of hydrogen-bond donors (Lipinski definition) is 2. The van der Waals surface area contributed by atoms with E-state index in [0.29, 0.717) is 29.3 Å². The van der Waals surface area contributed by atoms with Gasteiger partial charge in [0.2, 0.25) is 0 Å². The summed E-state index contributed by atoms with van der Waals surface area (Å²) in [6.07, 6.45) is 4.70. The van der Waals surface area contributed by atoms with Crippen molar-refractivity contribution in [2.75, 3.05) is 6.26 Å². The highest BCUT2D eigenvalue weighted by molar-refractivity contribution is 9.10. The topological polar surface area (TPSA) is 66.2 Å². The largest absolute Gasteiger partial charge is 0.391 e. The molecule has 0 amide bonds. The summed E-state index contributed by atoms with van der Waals surface area (Å²) < 4.78 is 0.939. The molecule has 0 saturated heterocycles. The van der Waals surface area contributed by atoms with Crippen molar-refractivity contribution in [1.82, 2.24) is 9.97 Å². The van der Waals surface area contributed by atoms with Gasteiger partial charge in [-0.15, -0.1) is 0 Å². The van der Waals surface area contributed by atoms with Crippen LogP contribution >= 0.6 is 39.3 Å². The molecule has 0 saturated carbocycles. The first kappa shape index (κ1) is 18.1. The summed E-state index contributed by atoms with van der Waals surface area (Å²) in [4.78, 5) is 8.66.